The van der Waals surface area contributed by atoms with Crippen LogP contribution in [0, 0.1) is 18.8 Å². The Morgan fingerprint density at radius 1 is 1.29 bits per heavy atom. The third-order valence-corrected chi connectivity index (χ3v) is 4.65. The second kappa shape index (κ2) is 8.17. The van der Waals surface area contributed by atoms with Gasteiger partial charge in [0.2, 0.25) is 0 Å². The van der Waals surface area contributed by atoms with Crippen molar-refractivity contribution < 1.29 is 0 Å². The van der Waals surface area contributed by atoms with Crippen LogP contribution in [0.25, 0.3) is 0 Å². The second-order valence-electron chi connectivity index (χ2n) is 6.87. The van der Waals surface area contributed by atoms with Crippen molar-refractivity contribution in [1.29, 1.82) is 0 Å². The molecule has 0 radical (unpaired) electrons. The van der Waals surface area contributed by atoms with E-state index >= 15 is 0 Å². The van der Waals surface area contributed by atoms with Gasteiger partial charge in [0.25, 0.3) is 0 Å². The average Bonchev–Trinajstić information content (AvgIpc) is 2.43. The number of piperidine rings is 1. The van der Waals surface area contributed by atoms with Gasteiger partial charge in [-0.25, -0.2) is 0 Å². The fourth-order valence-electron chi connectivity index (χ4n) is 2.95. The van der Waals surface area contributed by atoms with Crippen LogP contribution in [0.5, 0.6) is 0 Å². The molecule has 1 aliphatic rings. The minimum Gasteiger partial charge on any atom is -0.316 e. The van der Waals surface area contributed by atoms with Crippen LogP contribution in [0.1, 0.15) is 37.8 Å². The Morgan fingerprint density at radius 3 is 2.62 bits per heavy atom. The molecule has 0 unspecified atom stereocenters. The number of benzene rings is 1. The van der Waals surface area contributed by atoms with Crippen LogP contribution in [0.15, 0.2) is 18.2 Å². The van der Waals surface area contributed by atoms with Crippen LogP contribution in [0.3, 0.4) is 0 Å². The predicted molar refractivity (Wildman–Crippen MR) is 91.9 cm³/mol. The van der Waals surface area contributed by atoms with E-state index in [0.717, 1.165) is 29.9 Å². The molecule has 0 aromatic heterocycles. The largest absolute Gasteiger partial charge is 0.316 e. The molecule has 1 fully saturated rings. The summed E-state index contributed by atoms with van der Waals surface area (Å²) in [7, 11) is 0. The van der Waals surface area contributed by atoms with E-state index in [1.165, 1.54) is 43.6 Å². The van der Waals surface area contributed by atoms with E-state index in [2.05, 4.69) is 49.2 Å². The number of nitrogens with zero attached hydrogens (tertiary/aromatic N) is 1. The molecule has 2 rings (SSSR count). The summed E-state index contributed by atoms with van der Waals surface area (Å²) in [6.07, 6.45) is 2.60. The molecule has 1 aliphatic heterocycles. The summed E-state index contributed by atoms with van der Waals surface area (Å²) in [6.45, 7) is 12.3. The zero-order valence-electron chi connectivity index (χ0n) is 13.7. The first-order valence-electron chi connectivity index (χ1n) is 8.22. The molecule has 0 spiro atoms. The van der Waals surface area contributed by atoms with E-state index in [1.807, 2.05) is 0 Å². The number of nitrogens with one attached hydrogen (secondary N) is 1. The molecular weight excluding hydrogens is 280 g/mol. The third-order valence-electron chi connectivity index (χ3n) is 4.30. The highest BCUT2D eigenvalue weighted by molar-refractivity contribution is 6.31. The van der Waals surface area contributed by atoms with E-state index in [0.29, 0.717) is 0 Å². The van der Waals surface area contributed by atoms with Crippen LogP contribution in [-0.4, -0.2) is 31.1 Å². The molecule has 0 saturated carbocycles. The summed E-state index contributed by atoms with van der Waals surface area (Å²) in [5.41, 5.74) is 2.50. The maximum absolute atomic E-state index is 6.34. The van der Waals surface area contributed by atoms with Gasteiger partial charge >= 0.3 is 0 Å². The van der Waals surface area contributed by atoms with Gasteiger partial charge in [-0.3, -0.25) is 4.90 Å². The van der Waals surface area contributed by atoms with Gasteiger partial charge in [0, 0.05) is 11.6 Å². The summed E-state index contributed by atoms with van der Waals surface area (Å²) < 4.78 is 0. The fourth-order valence-corrected chi connectivity index (χ4v) is 3.24. The Hall–Kier alpha value is -0.570. The number of rotatable bonds is 6. The lowest BCUT2D eigenvalue weighted by Gasteiger charge is -2.32. The van der Waals surface area contributed by atoms with E-state index in [9.17, 15) is 0 Å². The Kier molecular flexibility index (Phi) is 6.53. The second-order valence-corrected chi connectivity index (χ2v) is 7.27. The topological polar surface area (TPSA) is 15.3 Å². The molecule has 0 aliphatic carbocycles. The summed E-state index contributed by atoms with van der Waals surface area (Å²) in [5, 5.41) is 4.51. The maximum atomic E-state index is 6.34. The van der Waals surface area contributed by atoms with Gasteiger partial charge in [0.1, 0.15) is 0 Å². The van der Waals surface area contributed by atoms with E-state index in [-0.39, 0.29) is 0 Å². The van der Waals surface area contributed by atoms with Crippen LogP contribution < -0.4 is 5.32 Å². The van der Waals surface area contributed by atoms with Crippen molar-refractivity contribution in [1.82, 2.24) is 10.2 Å². The van der Waals surface area contributed by atoms with Crippen molar-refractivity contribution in [3.05, 3.63) is 34.3 Å². The number of aryl methyl sites for hydroxylation is 1. The lowest BCUT2D eigenvalue weighted by atomic mass is 9.96. The molecule has 0 bridgehead atoms. The van der Waals surface area contributed by atoms with Gasteiger partial charge < -0.3 is 5.32 Å². The van der Waals surface area contributed by atoms with Gasteiger partial charge in [0.15, 0.2) is 0 Å². The van der Waals surface area contributed by atoms with E-state index in [1.54, 1.807) is 0 Å². The summed E-state index contributed by atoms with van der Waals surface area (Å²) in [5.74, 6) is 1.59. The molecule has 1 saturated heterocycles. The van der Waals surface area contributed by atoms with Crippen molar-refractivity contribution >= 4 is 11.6 Å². The molecule has 3 heteroatoms. The monoisotopic (exact) mass is 308 g/mol. The van der Waals surface area contributed by atoms with Crippen LogP contribution in [-0.2, 0) is 6.54 Å². The smallest absolute Gasteiger partial charge is 0.0453 e. The fraction of sp³-hybridized carbons (Fsp3) is 0.667. The first-order chi connectivity index (χ1) is 10.0. The Morgan fingerprint density at radius 2 is 2.00 bits per heavy atom. The summed E-state index contributed by atoms with van der Waals surface area (Å²) in [4.78, 5) is 2.54. The maximum Gasteiger partial charge on any atom is 0.0453 e. The number of likely N-dealkylation sites (tertiary alicyclic amines) is 1. The predicted octanol–water partition coefficient (Wildman–Crippen LogP) is 4.11. The standard InChI is InChI=1S/C18H29ClN2/c1-14(2)11-20-12-16-6-8-21(9-7-16)13-17-5-4-15(3)10-18(17)19/h4-5,10,14,16,20H,6-9,11-13H2,1-3H3. The zero-order valence-corrected chi connectivity index (χ0v) is 14.4. The number of hydrogen-bond acceptors (Lipinski definition) is 2. The average molecular weight is 309 g/mol. The highest BCUT2D eigenvalue weighted by Gasteiger charge is 2.19. The SMILES string of the molecule is Cc1ccc(CN2CCC(CNCC(C)C)CC2)c(Cl)c1. The molecule has 0 amide bonds. The minimum atomic E-state index is 0.744. The van der Waals surface area contributed by atoms with Crippen LogP contribution in [0.4, 0.5) is 0 Å². The van der Waals surface area contributed by atoms with Crippen LogP contribution >= 0.6 is 11.6 Å². The Labute approximate surface area is 134 Å². The quantitative estimate of drug-likeness (QED) is 0.851. The lowest BCUT2D eigenvalue weighted by molar-refractivity contribution is 0.175. The molecule has 1 heterocycles. The highest BCUT2D eigenvalue weighted by atomic mass is 35.5. The number of halogens is 1. The highest BCUT2D eigenvalue weighted by Crippen LogP contribution is 2.23. The molecule has 1 N–H and O–H groups in total. The van der Waals surface area contributed by atoms with Crippen molar-refractivity contribution in [3.63, 3.8) is 0 Å². The van der Waals surface area contributed by atoms with Gasteiger partial charge in [-0.15, -0.1) is 0 Å². The molecule has 118 valence electrons. The first kappa shape index (κ1) is 16.8. The molecule has 21 heavy (non-hydrogen) atoms. The zero-order chi connectivity index (χ0) is 15.2. The Balaban J connectivity index is 1.74. The lowest BCUT2D eigenvalue weighted by Crippen LogP contribution is -2.37. The molecule has 1 aromatic carbocycles. The number of hydrogen-bond donors (Lipinski definition) is 1. The molecule has 0 atom stereocenters. The van der Waals surface area contributed by atoms with Crippen molar-refractivity contribution in [2.75, 3.05) is 26.2 Å². The van der Waals surface area contributed by atoms with Crippen LogP contribution in [0.2, 0.25) is 5.02 Å². The van der Waals surface area contributed by atoms with Crippen molar-refractivity contribution in [2.24, 2.45) is 11.8 Å². The normalized spacial score (nSPS) is 17.6. The van der Waals surface area contributed by atoms with Gasteiger partial charge in [-0.2, -0.15) is 0 Å². The minimum absolute atomic E-state index is 0.744. The Bertz CT molecular complexity index is 437. The van der Waals surface area contributed by atoms with Gasteiger partial charge in [-0.1, -0.05) is 37.6 Å². The van der Waals surface area contributed by atoms with Crippen molar-refractivity contribution in [3.8, 4) is 0 Å². The third kappa shape index (κ3) is 5.61. The van der Waals surface area contributed by atoms with Gasteiger partial charge in [-0.05, 0) is 75.0 Å². The van der Waals surface area contributed by atoms with Gasteiger partial charge in [0.05, 0.1) is 0 Å². The van der Waals surface area contributed by atoms with E-state index in [4.69, 9.17) is 11.6 Å². The van der Waals surface area contributed by atoms with E-state index < -0.39 is 0 Å². The molecule has 2 nitrogen and oxygen atoms in total. The van der Waals surface area contributed by atoms with Crippen molar-refractivity contribution in [2.45, 2.75) is 40.2 Å². The molecule has 1 aromatic rings. The first-order valence-corrected chi connectivity index (χ1v) is 8.60. The molecular formula is C18H29ClN2. The summed E-state index contributed by atoms with van der Waals surface area (Å²) in [6, 6.07) is 6.40. The summed E-state index contributed by atoms with van der Waals surface area (Å²) >= 11 is 6.34.